The van der Waals surface area contributed by atoms with Crippen LogP contribution in [-0.2, 0) is 18.9 Å². The molecule has 0 rings (SSSR count). The van der Waals surface area contributed by atoms with Gasteiger partial charge in [0, 0.05) is 0 Å². The highest BCUT2D eigenvalue weighted by atomic mass is 19.2. The van der Waals surface area contributed by atoms with Crippen LogP contribution in [0.15, 0.2) is 0 Å². The first-order valence-electron chi connectivity index (χ1n) is 9.25. The van der Waals surface area contributed by atoms with Crippen molar-refractivity contribution in [3.05, 3.63) is 91.0 Å². The third-order valence-electron chi connectivity index (χ3n) is 4.30. The summed E-state index contributed by atoms with van der Waals surface area (Å²) in [6, 6.07) is 0. The van der Waals surface area contributed by atoms with Gasteiger partial charge in [0.2, 0.25) is 19.8 Å². The van der Waals surface area contributed by atoms with Crippen molar-refractivity contribution in [3.63, 3.8) is 0 Å². The quantitative estimate of drug-likeness (QED) is 0.0543. The van der Waals surface area contributed by atoms with Crippen molar-refractivity contribution in [1.29, 1.82) is 0 Å². The van der Waals surface area contributed by atoms with E-state index in [9.17, 15) is 104 Å². The van der Waals surface area contributed by atoms with Crippen molar-refractivity contribution < 1.29 is 76.4 Å². The average molecular weight is 651 g/mol. The lowest BCUT2D eigenvalue weighted by atomic mass is 10.4. The van der Waals surface area contributed by atoms with Gasteiger partial charge < -0.3 is 0 Å². The zero-order chi connectivity index (χ0) is 34.4. The van der Waals surface area contributed by atoms with E-state index in [1.54, 1.807) is 0 Å². The molecule has 242 valence electrons. The first kappa shape index (κ1) is 37.2. The predicted molar refractivity (Wildman–Crippen MR) is 104 cm³/mol. The monoisotopic (exact) mass is 651 g/mol. The van der Waals surface area contributed by atoms with Crippen LogP contribution in [0.3, 0.4) is 0 Å². The van der Waals surface area contributed by atoms with Crippen molar-refractivity contribution in [2.75, 3.05) is 26.4 Å². The molecule has 43 heavy (non-hydrogen) atoms. The van der Waals surface area contributed by atoms with Crippen LogP contribution in [0, 0.1) is 91.0 Å². The maximum atomic E-state index is 14.3. The highest BCUT2D eigenvalue weighted by molar-refractivity contribution is 4.61. The molecule has 0 radical (unpaired) electrons. The summed E-state index contributed by atoms with van der Waals surface area (Å²) in [7, 11) is 0. The Morgan fingerprint density at radius 3 is 0.721 bits per heavy atom. The van der Waals surface area contributed by atoms with E-state index >= 15 is 0 Å². The second-order valence-electron chi connectivity index (χ2n) is 6.90. The van der Waals surface area contributed by atoms with E-state index in [0.717, 1.165) is 0 Å². The fourth-order valence-corrected chi connectivity index (χ4v) is 1.85. The molecule has 0 heterocycles. The van der Waals surface area contributed by atoms with Gasteiger partial charge in [-0.15, -0.1) is 0 Å². The summed E-state index contributed by atoms with van der Waals surface area (Å²) in [5.74, 6) is -20.8. The minimum atomic E-state index is -5.26. The Hall–Kier alpha value is -5.77. The van der Waals surface area contributed by atoms with Crippen LogP contribution in [-0.4, -0.2) is 100 Å². The van der Waals surface area contributed by atoms with E-state index in [0.29, 0.717) is 0 Å². The molecule has 0 saturated heterocycles. The molecule has 0 aromatic heterocycles. The standard InChI is InChI=1S/C9H8F3N9O22/c10-5(13(22)23,14(24)25)1-40-9(41-2-6(11,15(26)27)16(28)29,42-3-7(12,17(30)31)18(32)33)43-4-8(19(34)35,20(36)37)21(38)39/h1-4H2. The second-order valence-corrected chi connectivity index (χ2v) is 6.90. The number of alkyl halides is 3. The van der Waals surface area contributed by atoms with Crippen molar-refractivity contribution in [2.45, 2.75) is 29.7 Å². The minimum absolute atomic E-state index is 2.45. The van der Waals surface area contributed by atoms with Crippen LogP contribution in [0.5, 0.6) is 0 Å². The molecule has 0 aliphatic rings. The van der Waals surface area contributed by atoms with E-state index in [4.69, 9.17) is 0 Å². The van der Waals surface area contributed by atoms with Gasteiger partial charge in [-0.3, -0.25) is 110 Å². The Morgan fingerprint density at radius 1 is 0.372 bits per heavy atom. The first-order chi connectivity index (χ1) is 19.3. The number of ether oxygens (including phenoxy) is 4. The molecule has 0 atom stereocenters. The summed E-state index contributed by atoms with van der Waals surface area (Å²) in [6.45, 7) is -12.0. The number of nitro groups is 9. The molecule has 34 heteroatoms. The minimum Gasteiger partial charge on any atom is -0.284 e. The van der Waals surface area contributed by atoms with Gasteiger partial charge in [-0.1, -0.05) is 13.2 Å². The SMILES string of the molecule is O=[N+]([O-])C(F)(COC(OCC(F)([N+](=O)[O-])[N+](=O)[O-])(OCC(F)([N+](=O)[O-])[N+](=O)[O-])OCC([N+](=O)[O-])([N+](=O)[O-])[N+](=O)[O-])[N+](=O)[O-]. The maximum absolute atomic E-state index is 14.3. The largest absolute Gasteiger partial charge is 0.723 e. The highest BCUT2D eigenvalue weighted by Crippen LogP contribution is 2.30. The molecule has 0 bridgehead atoms. The number of hydrogen-bond acceptors (Lipinski definition) is 22. The third kappa shape index (κ3) is 7.31. The summed E-state index contributed by atoms with van der Waals surface area (Å²) >= 11 is 0. The topological polar surface area (TPSA) is 425 Å². The van der Waals surface area contributed by atoms with E-state index in [2.05, 4.69) is 18.9 Å². The first-order valence-corrected chi connectivity index (χ1v) is 9.25. The fourth-order valence-electron chi connectivity index (χ4n) is 1.85. The Balaban J connectivity index is 7.39. The maximum Gasteiger partial charge on any atom is 0.723 e. The Labute approximate surface area is 224 Å². The van der Waals surface area contributed by atoms with Gasteiger partial charge in [-0.25, -0.2) is 0 Å². The van der Waals surface area contributed by atoms with Gasteiger partial charge in [0.05, 0.1) is 0 Å². The van der Waals surface area contributed by atoms with Gasteiger partial charge in [0.15, 0.2) is 14.8 Å². The smallest absolute Gasteiger partial charge is 0.284 e. The average Bonchev–Trinajstić information content (AvgIpc) is 2.87. The molecular formula is C9H8F3N9O22. The molecule has 0 spiro atoms. The lowest BCUT2D eigenvalue weighted by Crippen LogP contribution is -2.61. The lowest BCUT2D eigenvalue weighted by Gasteiger charge is -2.31. The number of hydrogen-bond donors (Lipinski definition) is 0. The van der Waals surface area contributed by atoms with Crippen LogP contribution in [0.4, 0.5) is 13.2 Å². The van der Waals surface area contributed by atoms with Crippen LogP contribution in [0.25, 0.3) is 0 Å². The van der Waals surface area contributed by atoms with E-state index < -0.39 is 100 Å². The molecule has 0 saturated carbocycles. The summed E-state index contributed by atoms with van der Waals surface area (Å²) in [5.41, 5.74) is 0. The predicted octanol–water partition coefficient (Wildman–Crippen LogP) is -2.32. The fraction of sp³-hybridized carbons (Fsp3) is 1.00. The zero-order valence-corrected chi connectivity index (χ0v) is 19.5. The summed E-state index contributed by atoms with van der Waals surface area (Å²) < 4.78 is 58.3. The molecule has 31 nitrogen and oxygen atoms in total. The lowest BCUT2D eigenvalue weighted by molar-refractivity contribution is -0.972. The Bertz CT molecular complexity index is 1050. The van der Waals surface area contributed by atoms with E-state index in [1.165, 1.54) is 0 Å². The highest BCUT2D eigenvalue weighted by Gasteiger charge is 2.73. The van der Waals surface area contributed by atoms with Gasteiger partial charge >= 0.3 is 29.7 Å². The zero-order valence-electron chi connectivity index (χ0n) is 19.5. The van der Waals surface area contributed by atoms with Gasteiger partial charge in [0.1, 0.15) is 29.5 Å². The Morgan fingerprint density at radius 2 is 0.558 bits per heavy atom. The molecular weight excluding hydrogens is 643 g/mol. The summed E-state index contributed by atoms with van der Waals surface area (Å²) in [5, 5.41) is 98.1. The second kappa shape index (κ2) is 12.8. The number of nitrogens with zero attached hydrogens (tertiary/aromatic N) is 9. The van der Waals surface area contributed by atoms with E-state index in [1.807, 2.05) is 0 Å². The normalized spacial score (nSPS) is 12.6. The number of rotatable bonds is 21. The van der Waals surface area contributed by atoms with Crippen molar-refractivity contribution in [2.24, 2.45) is 0 Å². The third-order valence-corrected chi connectivity index (χ3v) is 4.30. The van der Waals surface area contributed by atoms with Crippen LogP contribution >= 0.6 is 0 Å². The van der Waals surface area contributed by atoms with E-state index in [-0.39, 0.29) is 0 Å². The summed E-state index contributed by atoms with van der Waals surface area (Å²) in [4.78, 5) is 75.6. The van der Waals surface area contributed by atoms with Crippen LogP contribution in [0.1, 0.15) is 0 Å². The molecule has 0 fully saturated rings. The molecule has 0 unspecified atom stereocenters. The number of halogens is 3. The van der Waals surface area contributed by atoms with Crippen LogP contribution in [0.2, 0.25) is 0 Å². The van der Waals surface area contributed by atoms with Gasteiger partial charge in [-0.05, 0) is 0 Å². The van der Waals surface area contributed by atoms with Gasteiger partial charge in [-0.2, -0.15) is 0 Å². The Kier molecular flexibility index (Phi) is 11.1. The molecule has 0 N–H and O–H groups in total. The molecule has 0 aromatic carbocycles. The van der Waals surface area contributed by atoms with Crippen molar-refractivity contribution >= 4 is 0 Å². The van der Waals surface area contributed by atoms with Gasteiger partial charge in [0.25, 0.3) is 6.61 Å². The molecule has 0 amide bonds. The van der Waals surface area contributed by atoms with Crippen molar-refractivity contribution in [1.82, 2.24) is 0 Å². The molecule has 0 aliphatic carbocycles. The summed E-state index contributed by atoms with van der Waals surface area (Å²) in [6.07, 6.45) is -5.07. The van der Waals surface area contributed by atoms with Crippen molar-refractivity contribution in [3.8, 4) is 0 Å². The van der Waals surface area contributed by atoms with Crippen LogP contribution < -0.4 is 0 Å². The molecule has 0 aliphatic heterocycles. The molecule has 0 aromatic rings.